The van der Waals surface area contributed by atoms with E-state index in [-0.39, 0.29) is 17.4 Å². The Hall–Kier alpha value is -0.870. The van der Waals surface area contributed by atoms with Gasteiger partial charge in [-0.3, -0.25) is 4.18 Å². The number of benzene rings is 1. The van der Waals surface area contributed by atoms with E-state index in [0.717, 1.165) is 18.4 Å². The van der Waals surface area contributed by atoms with Gasteiger partial charge in [-0.05, 0) is 31.4 Å². The number of unbranched alkanes of at least 4 members (excludes halogenated alkanes) is 5. The highest BCUT2D eigenvalue weighted by Gasteiger charge is 2.16. The third-order valence-corrected chi connectivity index (χ3v) is 5.16. The van der Waals surface area contributed by atoms with Crippen LogP contribution in [0.1, 0.15) is 64.4 Å². The van der Waals surface area contributed by atoms with Gasteiger partial charge >= 0.3 is 0 Å². The van der Waals surface area contributed by atoms with Crippen molar-refractivity contribution in [3.05, 3.63) is 29.8 Å². The monoisotopic (exact) mass is 326 g/mol. The van der Waals surface area contributed by atoms with Crippen LogP contribution in [0, 0.1) is 12.8 Å². The third kappa shape index (κ3) is 7.41. The second kappa shape index (κ2) is 10.0. The molecule has 22 heavy (non-hydrogen) atoms. The summed E-state index contributed by atoms with van der Waals surface area (Å²) in [7, 11) is -3.61. The molecule has 0 heterocycles. The molecule has 0 saturated carbocycles. The average Bonchev–Trinajstić information content (AvgIpc) is 2.49. The summed E-state index contributed by atoms with van der Waals surface area (Å²) in [5.41, 5.74) is 1.04. The van der Waals surface area contributed by atoms with E-state index in [0.29, 0.717) is 0 Å². The third-order valence-electron chi connectivity index (χ3n) is 3.87. The van der Waals surface area contributed by atoms with Crippen LogP contribution in [0.3, 0.4) is 0 Å². The van der Waals surface area contributed by atoms with E-state index >= 15 is 0 Å². The minimum atomic E-state index is -3.61. The molecule has 0 spiro atoms. The highest BCUT2D eigenvalue weighted by Crippen LogP contribution is 2.17. The van der Waals surface area contributed by atoms with Gasteiger partial charge in [0.1, 0.15) is 0 Å². The van der Waals surface area contributed by atoms with Crippen molar-refractivity contribution in [3.8, 4) is 0 Å². The molecule has 0 saturated heterocycles. The Bertz CT molecular complexity index is 506. The molecule has 4 heteroatoms. The molecule has 0 aliphatic heterocycles. The van der Waals surface area contributed by atoms with Crippen LogP contribution in [0.5, 0.6) is 0 Å². The standard InChI is InChI=1S/C18H30O3S/c1-4-5-6-7-8-9-10-17(3)15-21-22(19,20)18-13-11-16(2)12-14-18/h11-14,17H,4-10,15H2,1-3H3/t17-/m1/s1. The van der Waals surface area contributed by atoms with E-state index in [9.17, 15) is 8.42 Å². The molecule has 1 aromatic rings. The average molecular weight is 327 g/mol. The van der Waals surface area contributed by atoms with Gasteiger partial charge in [0.25, 0.3) is 10.1 Å². The maximum absolute atomic E-state index is 12.1. The van der Waals surface area contributed by atoms with Crippen LogP contribution in [0.2, 0.25) is 0 Å². The van der Waals surface area contributed by atoms with Crippen molar-refractivity contribution in [2.75, 3.05) is 6.61 Å². The van der Waals surface area contributed by atoms with E-state index < -0.39 is 10.1 Å². The summed E-state index contributed by atoms with van der Waals surface area (Å²) in [5, 5.41) is 0. The molecule has 1 aromatic carbocycles. The first-order chi connectivity index (χ1) is 10.5. The zero-order valence-electron chi connectivity index (χ0n) is 14.2. The lowest BCUT2D eigenvalue weighted by Crippen LogP contribution is -2.13. The Balaban J connectivity index is 2.28. The highest BCUT2D eigenvalue weighted by atomic mass is 32.2. The van der Waals surface area contributed by atoms with Gasteiger partial charge in [-0.2, -0.15) is 8.42 Å². The van der Waals surface area contributed by atoms with Crippen LogP contribution < -0.4 is 0 Å². The molecular weight excluding hydrogens is 296 g/mol. The zero-order valence-corrected chi connectivity index (χ0v) is 15.0. The van der Waals surface area contributed by atoms with Crippen molar-refractivity contribution in [1.82, 2.24) is 0 Å². The molecule has 0 amide bonds. The van der Waals surface area contributed by atoms with Crippen LogP contribution in [-0.2, 0) is 14.3 Å². The van der Waals surface area contributed by atoms with Gasteiger partial charge in [0.15, 0.2) is 0 Å². The summed E-state index contributed by atoms with van der Waals surface area (Å²) in [6.07, 6.45) is 8.57. The topological polar surface area (TPSA) is 43.4 Å². The summed E-state index contributed by atoms with van der Waals surface area (Å²) < 4.78 is 29.3. The second-order valence-electron chi connectivity index (χ2n) is 6.21. The Morgan fingerprint density at radius 2 is 1.59 bits per heavy atom. The van der Waals surface area contributed by atoms with Crippen molar-refractivity contribution in [1.29, 1.82) is 0 Å². The molecule has 126 valence electrons. The minimum absolute atomic E-state index is 0.241. The van der Waals surface area contributed by atoms with Crippen molar-refractivity contribution >= 4 is 10.1 Å². The molecule has 1 rings (SSSR count). The van der Waals surface area contributed by atoms with Gasteiger partial charge in [-0.1, -0.05) is 70.1 Å². The van der Waals surface area contributed by atoms with Crippen LogP contribution in [0.25, 0.3) is 0 Å². The number of aryl methyl sites for hydroxylation is 1. The Kier molecular flexibility index (Phi) is 8.72. The molecule has 0 aromatic heterocycles. The van der Waals surface area contributed by atoms with Gasteiger partial charge in [-0.15, -0.1) is 0 Å². The fourth-order valence-corrected chi connectivity index (χ4v) is 3.35. The number of hydrogen-bond acceptors (Lipinski definition) is 3. The van der Waals surface area contributed by atoms with Crippen molar-refractivity contribution in [3.63, 3.8) is 0 Å². The van der Waals surface area contributed by atoms with Gasteiger partial charge in [-0.25, -0.2) is 0 Å². The quantitative estimate of drug-likeness (QED) is 0.420. The smallest absolute Gasteiger partial charge is 0.266 e. The summed E-state index contributed by atoms with van der Waals surface area (Å²) in [4.78, 5) is 0.241. The van der Waals surface area contributed by atoms with Gasteiger partial charge in [0, 0.05) is 0 Å². The summed E-state index contributed by atoms with van der Waals surface area (Å²) >= 11 is 0. The molecule has 0 aliphatic carbocycles. The second-order valence-corrected chi connectivity index (χ2v) is 7.83. The van der Waals surface area contributed by atoms with Crippen LogP contribution in [0.4, 0.5) is 0 Å². The van der Waals surface area contributed by atoms with Crippen LogP contribution in [0.15, 0.2) is 29.2 Å². The lowest BCUT2D eigenvalue weighted by molar-refractivity contribution is 0.253. The summed E-state index contributed by atoms with van der Waals surface area (Å²) in [6.45, 7) is 6.47. The SMILES string of the molecule is CCCCCCCC[C@@H](C)COS(=O)(=O)c1ccc(C)cc1. The summed E-state index contributed by atoms with van der Waals surface area (Å²) in [5.74, 6) is 0.270. The van der Waals surface area contributed by atoms with E-state index in [1.807, 2.05) is 6.92 Å². The first-order valence-corrected chi connectivity index (χ1v) is 9.82. The maximum atomic E-state index is 12.1. The maximum Gasteiger partial charge on any atom is 0.296 e. The first kappa shape index (κ1) is 19.2. The number of hydrogen-bond donors (Lipinski definition) is 0. The van der Waals surface area contributed by atoms with Crippen LogP contribution in [-0.4, -0.2) is 15.0 Å². The lowest BCUT2D eigenvalue weighted by atomic mass is 10.0. The Morgan fingerprint density at radius 3 is 2.23 bits per heavy atom. The van der Waals surface area contributed by atoms with Gasteiger partial charge < -0.3 is 0 Å². The number of rotatable bonds is 11. The minimum Gasteiger partial charge on any atom is -0.266 e. The molecule has 0 aliphatic rings. The highest BCUT2D eigenvalue weighted by molar-refractivity contribution is 7.86. The molecule has 0 fully saturated rings. The fraction of sp³-hybridized carbons (Fsp3) is 0.667. The molecule has 1 atom stereocenters. The predicted molar refractivity (Wildman–Crippen MR) is 91.5 cm³/mol. The Labute approximate surface area is 136 Å². The van der Waals surface area contributed by atoms with E-state index in [1.54, 1.807) is 24.3 Å². The molecule has 0 bridgehead atoms. The largest absolute Gasteiger partial charge is 0.296 e. The molecule has 0 radical (unpaired) electrons. The normalized spacial score (nSPS) is 13.2. The molecule has 3 nitrogen and oxygen atoms in total. The first-order valence-electron chi connectivity index (χ1n) is 8.42. The lowest BCUT2D eigenvalue weighted by Gasteiger charge is -2.12. The van der Waals surface area contributed by atoms with E-state index in [1.165, 1.54) is 32.1 Å². The van der Waals surface area contributed by atoms with E-state index in [4.69, 9.17) is 4.18 Å². The predicted octanol–water partition coefficient (Wildman–Crippen LogP) is 5.09. The van der Waals surface area contributed by atoms with Crippen molar-refractivity contribution < 1.29 is 12.6 Å². The van der Waals surface area contributed by atoms with Crippen LogP contribution >= 0.6 is 0 Å². The molecule has 0 unspecified atom stereocenters. The van der Waals surface area contributed by atoms with Crippen molar-refractivity contribution in [2.45, 2.75) is 70.6 Å². The van der Waals surface area contributed by atoms with Gasteiger partial charge in [0.2, 0.25) is 0 Å². The molecular formula is C18H30O3S. The fourth-order valence-electron chi connectivity index (χ4n) is 2.34. The van der Waals surface area contributed by atoms with E-state index in [2.05, 4.69) is 13.8 Å². The molecule has 0 N–H and O–H groups in total. The van der Waals surface area contributed by atoms with Gasteiger partial charge in [0.05, 0.1) is 11.5 Å². The Morgan fingerprint density at radius 1 is 1.00 bits per heavy atom. The zero-order chi connectivity index (χ0) is 16.4. The van der Waals surface area contributed by atoms with Crippen molar-refractivity contribution in [2.24, 2.45) is 5.92 Å². The summed E-state index contributed by atoms with van der Waals surface area (Å²) in [6, 6.07) is 6.78.